The molecule has 1 aliphatic heterocycles. The van der Waals surface area contributed by atoms with Gasteiger partial charge in [0, 0.05) is 30.9 Å². The fourth-order valence-electron chi connectivity index (χ4n) is 3.54. The Hall–Kier alpha value is -2.87. The Bertz CT molecular complexity index is 1020. The first-order valence-electron chi connectivity index (χ1n) is 10.5. The van der Waals surface area contributed by atoms with Crippen molar-refractivity contribution in [3.8, 4) is 0 Å². The van der Waals surface area contributed by atoms with Gasteiger partial charge in [-0.05, 0) is 49.1 Å². The first-order chi connectivity index (χ1) is 14.8. The zero-order valence-corrected chi connectivity index (χ0v) is 18.7. The summed E-state index contributed by atoms with van der Waals surface area (Å²) in [4.78, 5) is 27.3. The number of carbonyl (C=O) groups excluding carboxylic acids is 2. The van der Waals surface area contributed by atoms with Gasteiger partial charge in [-0.3, -0.25) is 14.3 Å². The molecule has 2 aromatic carbocycles. The number of nitrogens with one attached hydrogen (secondary N) is 2. The van der Waals surface area contributed by atoms with Crippen molar-refractivity contribution >= 4 is 27.5 Å². The van der Waals surface area contributed by atoms with Crippen LogP contribution < -0.4 is 10.0 Å². The molecule has 2 amide bonds. The van der Waals surface area contributed by atoms with Gasteiger partial charge in [0.15, 0.2) is 0 Å². The highest BCUT2D eigenvalue weighted by Gasteiger charge is 2.29. The lowest BCUT2D eigenvalue weighted by molar-refractivity contribution is -0.126. The average molecular weight is 444 g/mol. The maximum atomic E-state index is 13.0. The van der Waals surface area contributed by atoms with Crippen LogP contribution in [0.5, 0.6) is 0 Å². The molecule has 3 rings (SSSR count). The van der Waals surface area contributed by atoms with Crippen LogP contribution in [0, 0.1) is 11.8 Å². The topological polar surface area (TPSA) is 95.6 Å². The second-order valence-electron chi connectivity index (χ2n) is 8.23. The van der Waals surface area contributed by atoms with Crippen molar-refractivity contribution in [3.63, 3.8) is 0 Å². The third kappa shape index (κ3) is 6.07. The molecule has 0 aliphatic carbocycles. The Kier molecular flexibility index (Phi) is 7.33. The normalized spacial score (nSPS) is 16.7. The number of carbonyl (C=O) groups is 2. The summed E-state index contributed by atoms with van der Waals surface area (Å²) in [6.07, 6.45) is 1.51. The Morgan fingerprint density at radius 1 is 1.10 bits per heavy atom. The van der Waals surface area contributed by atoms with Crippen LogP contribution in [0.4, 0.5) is 5.69 Å². The predicted octanol–water partition coefficient (Wildman–Crippen LogP) is 3.11. The third-order valence-corrected chi connectivity index (χ3v) is 6.58. The molecule has 1 aliphatic rings. The number of nitrogens with zero attached hydrogens (tertiary/aromatic N) is 1. The van der Waals surface area contributed by atoms with Crippen molar-refractivity contribution in [2.45, 2.75) is 31.6 Å². The second-order valence-corrected chi connectivity index (χ2v) is 9.91. The maximum absolute atomic E-state index is 13.0. The molecule has 0 radical (unpaired) electrons. The monoisotopic (exact) mass is 443 g/mol. The Balaban J connectivity index is 1.69. The fraction of sp³-hybridized carbons (Fsp3) is 0.391. The van der Waals surface area contributed by atoms with Gasteiger partial charge < -0.3 is 10.2 Å². The van der Waals surface area contributed by atoms with Crippen molar-refractivity contribution in [1.82, 2.24) is 10.2 Å². The van der Waals surface area contributed by atoms with Crippen molar-refractivity contribution in [3.05, 3.63) is 60.2 Å². The lowest BCUT2D eigenvalue weighted by atomic mass is 9.96. The van der Waals surface area contributed by atoms with E-state index in [1.54, 1.807) is 41.3 Å². The molecule has 1 heterocycles. The zero-order valence-electron chi connectivity index (χ0n) is 17.9. The van der Waals surface area contributed by atoms with Crippen LogP contribution in [0.1, 0.15) is 37.0 Å². The maximum Gasteiger partial charge on any atom is 0.261 e. The highest BCUT2D eigenvalue weighted by molar-refractivity contribution is 7.92. The number of likely N-dealkylation sites (tertiary alicyclic amines) is 1. The quantitative estimate of drug-likeness (QED) is 0.687. The summed E-state index contributed by atoms with van der Waals surface area (Å²) in [7, 11) is -3.74. The van der Waals surface area contributed by atoms with Gasteiger partial charge in [0.1, 0.15) is 0 Å². The lowest BCUT2D eigenvalue weighted by Crippen LogP contribution is -2.46. The number of piperidine rings is 1. The van der Waals surface area contributed by atoms with E-state index in [1.165, 1.54) is 18.2 Å². The summed E-state index contributed by atoms with van der Waals surface area (Å²) in [6.45, 7) is 5.63. The van der Waals surface area contributed by atoms with Crippen molar-refractivity contribution in [1.29, 1.82) is 0 Å². The number of hydrogen-bond donors (Lipinski definition) is 2. The van der Waals surface area contributed by atoms with E-state index in [9.17, 15) is 18.0 Å². The van der Waals surface area contributed by atoms with Gasteiger partial charge in [-0.25, -0.2) is 8.42 Å². The predicted molar refractivity (Wildman–Crippen MR) is 120 cm³/mol. The zero-order chi connectivity index (χ0) is 22.4. The molecular weight excluding hydrogens is 414 g/mol. The molecule has 2 N–H and O–H groups in total. The van der Waals surface area contributed by atoms with Gasteiger partial charge in [-0.2, -0.15) is 0 Å². The van der Waals surface area contributed by atoms with E-state index in [-0.39, 0.29) is 22.6 Å². The van der Waals surface area contributed by atoms with E-state index in [0.29, 0.717) is 36.8 Å². The molecule has 7 nitrogen and oxygen atoms in total. The number of hydrogen-bond acceptors (Lipinski definition) is 4. The minimum absolute atomic E-state index is 0.0180. The third-order valence-electron chi connectivity index (χ3n) is 5.18. The molecule has 0 bridgehead atoms. The van der Waals surface area contributed by atoms with E-state index in [1.807, 2.05) is 13.8 Å². The summed E-state index contributed by atoms with van der Waals surface area (Å²) in [6, 6.07) is 14.5. The fourth-order valence-corrected chi connectivity index (χ4v) is 4.61. The molecule has 0 unspecified atom stereocenters. The first kappa shape index (κ1) is 22.8. The SMILES string of the molecule is CC(C)CNC(=O)[C@H]1CCCN(C(=O)c2cccc(NS(=O)(=O)c3ccccc3)c2)C1. The standard InChI is InChI=1S/C23H29N3O4S/c1-17(2)15-24-22(27)19-9-7-13-26(16-19)23(28)18-8-6-10-20(14-18)25-31(29,30)21-11-4-3-5-12-21/h3-6,8,10-12,14,17,19,25H,7,9,13,15-16H2,1-2H3,(H,24,27)/t19-/m0/s1. The molecule has 8 heteroatoms. The molecule has 1 saturated heterocycles. The smallest absolute Gasteiger partial charge is 0.261 e. The van der Waals surface area contributed by atoms with Gasteiger partial charge >= 0.3 is 0 Å². The summed E-state index contributed by atoms with van der Waals surface area (Å²) in [5.41, 5.74) is 0.703. The number of amides is 2. The van der Waals surface area contributed by atoms with E-state index >= 15 is 0 Å². The molecule has 2 aromatic rings. The van der Waals surface area contributed by atoms with E-state index in [4.69, 9.17) is 0 Å². The molecule has 0 spiro atoms. The molecule has 166 valence electrons. The van der Waals surface area contributed by atoms with Crippen molar-refractivity contribution in [2.75, 3.05) is 24.4 Å². The Morgan fingerprint density at radius 3 is 2.55 bits per heavy atom. The second kappa shape index (κ2) is 9.96. The molecule has 1 atom stereocenters. The Morgan fingerprint density at radius 2 is 1.84 bits per heavy atom. The first-order valence-corrected chi connectivity index (χ1v) is 12.0. The highest BCUT2D eigenvalue weighted by atomic mass is 32.2. The van der Waals surface area contributed by atoms with Gasteiger partial charge in [-0.15, -0.1) is 0 Å². The van der Waals surface area contributed by atoms with Crippen molar-refractivity contribution < 1.29 is 18.0 Å². The summed E-state index contributed by atoms with van der Waals surface area (Å²) in [5, 5.41) is 2.95. The van der Waals surface area contributed by atoms with E-state index < -0.39 is 10.0 Å². The summed E-state index contributed by atoms with van der Waals surface area (Å²) >= 11 is 0. The number of anilines is 1. The molecular formula is C23H29N3O4S. The van der Waals surface area contributed by atoms with Gasteiger partial charge in [0.05, 0.1) is 10.8 Å². The minimum atomic E-state index is -3.74. The van der Waals surface area contributed by atoms with E-state index in [2.05, 4.69) is 10.0 Å². The van der Waals surface area contributed by atoms with Crippen LogP contribution in [0.2, 0.25) is 0 Å². The number of sulfonamides is 1. The van der Waals surface area contributed by atoms with Crippen LogP contribution in [0.15, 0.2) is 59.5 Å². The minimum Gasteiger partial charge on any atom is -0.356 e. The van der Waals surface area contributed by atoms with Crippen LogP contribution in [0.25, 0.3) is 0 Å². The Labute approximate surface area is 183 Å². The van der Waals surface area contributed by atoms with Crippen LogP contribution in [0.3, 0.4) is 0 Å². The van der Waals surface area contributed by atoms with Crippen LogP contribution >= 0.6 is 0 Å². The van der Waals surface area contributed by atoms with Gasteiger partial charge in [0.2, 0.25) is 5.91 Å². The van der Waals surface area contributed by atoms with Gasteiger partial charge in [0.25, 0.3) is 15.9 Å². The van der Waals surface area contributed by atoms with Crippen LogP contribution in [-0.4, -0.2) is 44.8 Å². The largest absolute Gasteiger partial charge is 0.356 e. The highest BCUT2D eigenvalue weighted by Crippen LogP contribution is 2.22. The molecule has 0 saturated carbocycles. The summed E-state index contributed by atoms with van der Waals surface area (Å²) < 4.78 is 27.6. The van der Waals surface area contributed by atoms with Crippen LogP contribution in [-0.2, 0) is 14.8 Å². The van der Waals surface area contributed by atoms with E-state index in [0.717, 1.165) is 12.8 Å². The average Bonchev–Trinajstić information content (AvgIpc) is 2.77. The lowest BCUT2D eigenvalue weighted by Gasteiger charge is -2.32. The summed E-state index contributed by atoms with van der Waals surface area (Å²) in [5.74, 6) is -0.0819. The number of benzene rings is 2. The molecule has 1 fully saturated rings. The van der Waals surface area contributed by atoms with Crippen molar-refractivity contribution in [2.24, 2.45) is 11.8 Å². The molecule has 31 heavy (non-hydrogen) atoms. The molecule has 0 aromatic heterocycles. The van der Waals surface area contributed by atoms with Gasteiger partial charge in [-0.1, -0.05) is 38.1 Å². The number of rotatable bonds is 7.